The van der Waals surface area contributed by atoms with E-state index in [0.717, 1.165) is 30.5 Å². The number of aromatic nitrogens is 3. The Hall–Kier alpha value is -2.21. The predicted octanol–water partition coefficient (Wildman–Crippen LogP) is 3.92. The molecule has 0 radical (unpaired) electrons. The Bertz CT molecular complexity index is 828. The summed E-state index contributed by atoms with van der Waals surface area (Å²) in [5, 5.41) is 19.6. The molecule has 1 saturated heterocycles. The Morgan fingerprint density at radius 1 is 1.21 bits per heavy atom. The van der Waals surface area contributed by atoms with Gasteiger partial charge in [0.2, 0.25) is 5.91 Å². The maximum Gasteiger partial charge on any atom is 0.223 e. The standard InChI is InChI=1S/C23H32N4O2/c1-3-4-5-6-23(29)26-15-22(28)21(27-14-19(24-25-27)17-11-12-17)13-20(26)18-9-7-16(2)8-10-18/h7-10,14,17,20-22,28H,3-6,11-13,15H2,1-2H3/t20-,21-,22-/m0/s1. The molecule has 29 heavy (non-hydrogen) atoms. The van der Waals surface area contributed by atoms with Crippen LogP contribution in [0.15, 0.2) is 30.5 Å². The van der Waals surface area contributed by atoms with Crippen LogP contribution in [0.3, 0.4) is 0 Å². The summed E-state index contributed by atoms with van der Waals surface area (Å²) in [4.78, 5) is 14.9. The minimum atomic E-state index is -0.638. The maximum absolute atomic E-state index is 13.0. The second-order valence-corrected chi connectivity index (χ2v) is 8.70. The molecule has 156 valence electrons. The molecule has 2 aliphatic rings. The lowest BCUT2D eigenvalue weighted by Crippen LogP contribution is -2.49. The van der Waals surface area contributed by atoms with Gasteiger partial charge in [0.25, 0.3) is 0 Å². The number of hydrogen-bond acceptors (Lipinski definition) is 4. The van der Waals surface area contributed by atoms with Crippen LogP contribution in [0, 0.1) is 6.92 Å². The summed E-state index contributed by atoms with van der Waals surface area (Å²) in [6.45, 7) is 4.55. The fourth-order valence-corrected chi connectivity index (χ4v) is 4.32. The average Bonchev–Trinajstić information content (AvgIpc) is 3.46. The van der Waals surface area contributed by atoms with Gasteiger partial charge in [-0.3, -0.25) is 4.79 Å². The number of piperidine rings is 1. The van der Waals surface area contributed by atoms with Crippen molar-refractivity contribution in [2.24, 2.45) is 0 Å². The van der Waals surface area contributed by atoms with Crippen molar-refractivity contribution >= 4 is 5.91 Å². The number of unbranched alkanes of at least 4 members (excludes halogenated alkanes) is 2. The van der Waals surface area contributed by atoms with Crippen molar-refractivity contribution < 1.29 is 9.90 Å². The number of nitrogens with zero attached hydrogens (tertiary/aromatic N) is 4. The van der Waals surface area contributed by atoms with E-state index in [0.29, 0.717) is 25.3 Å². The van der Waals surface area contributed by atoms with Gasteiger partial charge in [0.15, 0.2) is 0 Å². The van der Waals surface area contributed by atoms with Gasteiger partial charge in [-0.25, -0.2) is 4.68 Å². The Morgan fingerprint density at radius 3 is 2.66 bits per heavy atom. The molecule has 1 aliphatic carbocycles. The quantitative estimate of drug-likeness (QED) is 0.720. The first-order valence-corrected chi connectivity index (χ1v) is 11.0. The zero-order valence-corrected chi connectivity index (χ0v) is 17.5. The van der Waals surface area contributed by atoms with Gasteiger partial charge in [0.1, 0.15) is 0 Å². The van der Waals surface area contributed by atoms with Gasteiger partial charge in [-0.05, 0) is 38.2 Å². The molecule has 0 bridgehead atoms. The molecule has 1 aliphatic heterocycles. The molecule has 1 saturated carbocycles. The number of aryl methyl sites for hydroxylation is 1. The number of aliphatic hydroxyl groups excluding tert-OH is 1. The van der Waals surface area contributed by atoms with Gasteiger partial charge in [-0.1, -0.05) is 54.8 Å². The highest BCUT2D eigenvalue weighted by Crippen LogP contribution is 2.41. The lowest BCUT2D eigenvalue weighted by molar-refractivity contribution is -0.140. The van der Waals surface area contributed by atoms with E-state index in [1.807, 2.05) is 15.8 Å². The lowest BCUT2D eigenvalue weighted by Gasteiger charge is -2.42. The van der Waals surface area contributed by atoms with E-state index < -0.39 is 6.10 Å². The maximum atomic E-state index is 13.0. The summed E-state index contributed by atoms with van der Waals surface area (Å²) in [6, 6.07) is 8.19. The number of amides is 1. The number of β-amino-alcohol motifs (C(OH)–C–C–N with tert-alkyl or cyclic N) is 1. The molecule has 6 nitrogen and oxygen atoms in total. The van der Waals surface area contributed by atoms with E-state index in [1.165, 1.54) is 18.4 Å². The van der Waals surface area contributed by atoms with Crippen molar-refractivity contribution in [3.8, 4) is 0 Å². The smallest absolute Gasteiger partial charge is 0.223 e. The second kappa shape index (κ2) is 8.66. The largest absolute Gasteiger partial charge is 0.389 e. The third-order valence-electron chi connectivity index (χ3n) is 6.31. The lowest BCUT2D eigenvalue weighted by atomic mass is 9.89. The number of benzene rings is 1. The van der Waals surface area contributed by atoms with E-state index in [4.69, 9.17) is 0 Å². The molecule has 6 heteroatoms. The highest BCUT2D eigenvalue weighted by atomic mass is 16.3. The summed E-state index contributed by atoms with van der Waals surface area (Å²) < 4.78 is 1.83. The van der Waals surface area contributed by atoms with Crippen molar-refractivity contribution in [2.75, 3.05) is 6.54 Å². The van der Waals surface area contributed by atoms with Crippen LogP contribution in [0.5, 0.6) is 0 Å². The zero-order chi connectivity index (χ0) is 20.4. The topological polar surface area (TPSA) is 71.2 Å². The number of aliphatic hydroxyl groups is 1. The second-order valence-electron chi connectivity index (χ2n) is 8.70. The number of carbonyl (C=O) groups excluding carboxylic acids is 1. The SMILES string of the molecule is CCCCCC(=O)N1C[C@H](O)[C@@H](n2cc(C3CC3)nn2)C[C@H]1c1ccc(C)cc1. The van der Waals surface area contributed by atoms with Crippen LogP contribution >= 0.6 is 0 Å². The highest BCUT2D eigenvalue weighted by Gasteiger charge is 2.39. The van der Waals surface area contributed by atoms with E-state index in [1.54, 1.807) is 0 Å². The molecule has 4 rings (SSSR count). The fraction of sp³-hybridized carbons (Fsp3) is 0.609. The van der Waals surface area contributed by atoms with Gasteiger partial charge in [0.05, 0.1) is 23.9 Å². The Kier molecular flexibility index (Phi) is 5.99. The Balaban J connectivity index is 1.57. The third kappa shape index (κ3) is 4.53. The van der Waals surface area contributed by atoms with Gasteiger partial charge in [-0.15, -0.1) is 5.10 Å². The minimum Gasteiger partial charge on any atom is -0.389 e. The van der Waals surface area contributed by atoms with Crippen LogP contribution in [0.4, 0.5) is 0 Å². The Morgan fingerprint density at radius 2 is 1.97 bits per heavy atom. The van der Waals surface area contributed by atoms with E-state index in [9.17, 15) is 9.90 Å². The van der Waals surface area contributed by atoms with Gasteiger partial charge in [0, 0.05) is 25.1 Å². The summed E-state index contributed by atoms with van der Waals surface area (Å²) in [5.74, 6) is 0.674. The zero-order valence-electron chi connectivity index (χ0n) is 17.5. The van der Waals surface area contributed by atoms with Crippen molar-refractivity contribution in [3.05, 3.63) is 47.3 Å². The molecule has 1 aromatic carbocycles. The molecular formula is C23H32N4O2. The molecule has 1 aromatic heterocycles. The van der Waals surface area contributed by atoms with Gasteiger partial charge >= 0.3 is 0 Å². The normalized spacial score (nSPS) is 24.7. The van der Waals surface area contributed by atoms with Crippen LogP contribution in [-0.4, -0.2) is 43.6 Å². The first-order chi connectivity index (χ1) is 14.1. The molecule has 2 aromatic rings. The third-order valence-corrected chi connectivity index (χ3v) is 6.31. The number of likely N-dealkylation sites (tertiary alicyclic amines) is 1. The van der Waals surface area contributed by atoms with Crippen molar-refractivity contribution in [1.29, 1.82) is 0 Å². The van der Waals surface area contributed by atoms with Gasteiger partial charge in [-0.2, -0.15) is 0 Å². The van der Waals surface area contributed by atoms with E-state index in [2.05, 4.69) is 48.4 Å². The highest BCUT2D eigenvalue weighted by molar-refractivity contribution is 5.77. The summed E-state index contributed by atoms with van der Waals surface area (Å²) in [7, 11) is 0. The molecule has 2 heterocycles. The molecular weight excluding hydrogens is 364 g/mol. The van der Waals surface area contributed by atoms with Crippen molar-refractivity contribution in [2.45, 2.75) is 82.9 Å². The first-order valence-electron chi connectivity index (χ1n) is 11.0. The summed E-state index contributed by atoms with van der Waals surface area (Å²) in [5.41, 5.74) is 3.35. The number of hydrogen-bond donors (Lipinski definition) is 1. The van der Waals surface area contributed by atoms with Crippen molar-refractivity contribution in [1.82, 2.24) is 19.9 Å². The Labute approximate surface area is 172 Å². The van der Waals surface area contributed by atoms with E-state index >= 15 is 0 Å². The van der Waals surface area contributed by atoms with Crippen LogP contribution in [0.1, 0.15) is 86.7 Å². The molecule has 2 fully saturated rings. The number of carbonyl (C=O) groups is 1. The van der Waals surface area contributed by atoms with Crippen LogP contribution in [-0.2, 0) is 4.79 Å². The predicted molar refractivity (Wildman–Crippen MR) is 111 cm³/mol. The van der Waals surface area contributed by atoms with Gasteiger partial charge < -0.3 is 10.0 Å². The molecule has 3 atom stereocenters. The molecule has 1 N–H and O–H groups in total. The van der Waals surface area contributed by atoms with Crippen LogP contribution in [0.25, 0.3) is 0 Å². The van der Waals surface area contributed by atoms with E-state index in [-0.39, 0.29) is 18.0 Å². The fourth-order valence-electron chi connectivity index (χ4n) is 4.32. The number of rotatable bonds is 7. The molecule has 0 unspecified atom stereocenters. The van der Waals surface area contributed by atoms with Crippen LogP contribution < -0.4 is 0 Å². The summed E-state index contributed by atoms with van der Waals surface area (Å²) in [6.07, 6.45) is 7.96. The average molecular weight is 397 g/mol. The van der Waals surface area contributed by atoms with Crippen LogP contribution in [0.2, 0.25) is 0 Å². The molecule has 0 spiro atoms. The van der Waals surface area contributed by atoms with Crippen molar-refractivity contribution in [3.63, 3.8) is 0 Å². The molecule has 1 amide bonds. The first kappa shape index (κ1) is 20.1. The summed E-state index contributed by atoms with van der Waals surface area (Å²) >= 11 is 0. The minimum absolute atomic E-state index is 0.0494. The monoisotopic (exact) mass is 396 g/mol.